The molecule has 5 nitrogen and oxygen atoms in total. The van der Waals surface area contributed by atoms with Gasteiger partial charge in [-0.15, -0.1) is 0 Å². The average Bonchev–Trinajstić information content (AvgIpc) is 2.82. The van der Waals surface area contributed by atoms with Crippen LogP contribution in [0, 0.1) is 0 Å². The zero-order valence-corrected chi connectivity index (χ0v) is 11.8. The van der Waals surface area contributed by atoms with E-state index in [0.29, 0.717) is 5.96 Å². The van der Waals surface area contributed by atoms with Crippen LogP contribution < -0.4 is 5.73 Å². The van der Waals surface area contributed by atoms with E-state index in [1.54, 1.807) is 6.20 Å². The maximum absolute atomic E-state index is 6.01. The number of guanidine groups is 1. The summed E-state index contributed by atoms with van der Waals surface area (Å²) in [5.74, 6) is 0.654. The van der Waals surface area contributed by atoms with Crippen molar-refractivity contribution in [2.24, 2.45) is 10.7 Å². The van der Waals surface area contributed by atoms with Crippen molar-refractivity contribution in [3.63, 3.8) is 0 Å². The van der Waals surface area contributed by atoms with Gasteiger partial charge in [0, 0.05) is 25.5 Å². The number of hydrogen-bond donors (Lipinski definition) is 1. The topological polar surface area (TPSA) is 57.8 Å². The Labute approximate surface area is 115 Å². The highest BCUT2D eigenvalue weighted by Crippen LogP contribution is 2.24. The van der Waals surface area contributed by atoms with Gasteiger partial charge in [0.2, 0.25) is 0 Å². The lowest BCUT2D eigenvalue weighted by molar-refractivity contribution is 0.248. The Morgan fingerprint density at radius 3 is 2.84 bits per heavy atom. The van der Waals surface area contributed by atoms with Crippen molar-refractivity contribution < 1.29 is 0 Å². The van der Waals surface area contributed by atoms with Crippen molar-refractivity contribution >= 4 is 5.96 Å². The minimum atomic E-state index is 0.240. The number of aliphatic imine (C=N–C) groups is 1. The molecule has 104 valence electrons. The highest BCUT2D eigenvalue weighted by atomic mass is 15.3. The van der Waals surface area contributed by atoms with Crippen LogP contribution in [-0.2, 0) is 0 Å². The molecule has 1 unspecified atom stereocenters. The second kappa shape index (κ2) is 6.52. The molecule has 19 heavy (non-hydrogen) atoms. The minimum Gasteiger partial charge on any atom is -0.370 e. The smallest absolute Gasteiger partial charge is 0.191 e. The largest absolute Gasteiger partial charge is 0.370 e. The number of rotatable bonds is 6. The first-order chi connectivity index (χ1) is 9.26. The summed E-state index contributed by atoms with van der Waals surface area (Å²) in [6, 6.07) is 4.30. The zero-order valence-electron chi connectivity index (χ0n) is 11.8. The first-order valence-corrected chi connectivity index (χ1v) is 6.95. The van der Waals surface area contributed by atoms with Crippen LogP contribution in [0.15, 0.2) is 29.5 Å². The third-order valence-electron chi connectivity index (χ3n) is 3.72. The van der Waals surface area contributed by atoms with E-state index in [2.05, 4.69) is 39.7 Å². The number of pyridine rings is 1. The fourth-order valence-electron chi connectivity index (χ4n) is 2.45. The van der Waals surface area contributed by atoms with Gasteiger partial charge in [0.05, 0.1) is 12.6 Å². The summed E-state index contributed by atoms with van der Waals surface area (Å²) in [7, 11) is 0. The second-order valence-corrected chi connectivity index (χ2v) is 4.72. The molecule has 2 rings (SSSR count). The quantitative estimate of drug-likeness (QED) is 0.833. The van der Waals surface area contributed by atoms with Crippen LogP contribution in [0.2, 0.25) is 0 Å². The van der Waals surface area contributed by atoms with Crippen LogP contribution in [0.1, 0.15) is 25.5 Å². The minimum absolute atomic E-state index is 0.240. The molecule has 0 bridgehead atoms. The number of aromatic nitrogens is 1. The lowest BCUT2D eigenvalue weighted by Gasteiger charge is -2.29. The summed E-state index contributed by atoms with van der Waals surface area (Å²) in [5, 5.41) is 0. The molecule has 1 atom stereocenters. The van der Waals surface area contributed by atoms with E-state index in [1.165, 1.54) is 5.56 Å². The summed E-state index contributed by atoms with van der Waals surface area (Å²) in [6.07, 6.45) is 3.70. The number of nitrogens with zero attached hydrogens (tertiary/aromatic N) is 4. The molecule has 0 aromatic carbocycles. The van der Waals surface area contributed by atoms with Gasteiger partial charge in [-0.1, -0.05) is 19.9 Å². The van der Waals surface area contributed by atoms with Crippen LogP contribution in [0.5, 0.6) is 0 Å². The molecule has 1 aliphatic heterocycles. The van der Waals surface area contributed by atoms with E-state index in [4.69, 9.17) is 5.73 Å². The van der Waals surface area contributed by atoms with Crippen LogP contribution in [0.4, 0.5) is 0 Å². The molecule has 2 N–H and O–H groups in total. The zero-order chi connectivity index (χ0) is 13.7. The fraction of sp³-hybridized carbons (Fsp3) is 0.571. The van der Waals surface area contributed by atoms with Gasteiger partial charge < -0.3 is 15.5 Å². The molecule has 1 aromatic heterocycles. The van der Waals surface area contributed by atoms with Crippen LogP contribution in [-0.4, -0.2) is 53.5 Å². The van der Waals surface area contributed by atoms with Crippen molar-refractivity contribution in [2.45, 2.75) is 19.9 Å². The van der Waals surface area contributed by atoms with Gasteiger partial charge in [0.25, 0.3) is 0 Å². The summed E-state index contributed by atoms with van der Waals surface area (Å²) < 4.78 is 0. The Balaban J connectivity index is 2.02. The Hall–Kier alpha value is -1.62. The molecule has 1 aromatic rings. The molecular formula is C14H23N5. The maximum Gasteiger partial charge on any atom is 0.191 e. The molecule has 5 heteroatoms. The third-order valence-corrected chi connectivity index (χ3v) is 3.72. The van der Waals surface area contributed by atoms with Crippen LogP contribution in [0.3, 0.4) is 0 Å². The standard InChI is InChI=1S/C14H23N5/c1-3-18(4-2)8-9-19-13(11-17-14(19)15)12-6-5-7-16-10-12/h5-7,10,13H,3-4,8-9,11H2,1-2H3,(H2,15,17). The van der Waals surface area contributed by atoms with Gasteiger partial charge in [0.15, 0.2) is 5.96 Å². The monoisotopic (exact) mass is 261 g/mol. The first kappa shape index (κ1) is 13.8. The Bertz CT molecular complexity index is 413. The molecule has 0 radical (unpaired) electrons. The van der Waals surface area contributed by atoms with E-state index < -0.39 is 0 Å². The summed E-state index contributed by atoms with van der Waals surface area (Å²) in [6.45, 7) is 9.16. The molecule has 2 heterocycles. The lowest BCUT2D eigenvalue weighted by atomic mass is 10.1. The van der Waals surface area contributed by atoms with Gasteiger partial charge in [-0.2, -0.15) is 0 Å². The average molecular weight is 261 g/mol. The Morgan fingerprint density at radius 2 is 2.21 bits per heavy atom. The predicted molar refractivity (Wildman–Crippen MR) is 78.0 cm³/mol. The number of nitrogens with two attached hydrogens (primary N) is 1. The molecular weight excluding hydrogens is 238 g/mol. The molecule has 0 saturated heterocycles. The molecule has 0 aliphatic carbocycles. The van der Waals surface area contributed by atoms with Crippen molar-refractivity contribution in [3.8, 4) is 0 Å². The maximum atomic E-state index is 6.01. The number of likely N-dealkylation sites (N-methyl/N-ethyl adjacent to an activating group) is 1. The van der Waals surface area contributed by atoms with E-state index in [9.17, 15) is 0 Å². The summed E-state index contributed by atoms with van der Waals surface area (Å²) >= 11 is 0. The third kappa shape index (κ3) is 3.23. The Morgan fingerprint density at radius 1 is 1.42 bits per heavy atom. The van der Waals surface area contributed by atoms with Crippen molar-refractivity contribution in [3.05, 3.63) is 30.1 Å². The SMILES string of the molecule is CCN(CC)CCN1C(N)=NCC1c1cccnc1. The Kier molecular flexibility index (Phi) is 4.74. The summed E-state index contributed by atoms with van der Waals surface area (Å²) in [4.78, 5) is 13.2. The second-order valence-electron chi connectivity index (χ2n) is 4.72. The van der Waals surface area contributed by atoms with Crippen LogP contribution in [0.25, 0.3) is 0 Å². The van der Waals surface area contributed by atoms with Crippen LogP contribution >= 0.6 is 0 Å². The molecule has 0 spiro atoms. The van der Waals surface area contributed by atoms with Gasteiger partial charge in [-0.25, -0.2) is 0 Å². The summed E-state index contributed by atoms with van der Waals surface area (Å²) in [5.41, 5.74) is 7.20. The normalized spacial score (nSPS) is 19.0. The highest BCUT2D eigenvalue weighted by molar-refractivity contribution is 5.80. The first-order valence-electron chi connectivity index (χ1n) is 6.95. The van der Waals surface area contributed by atoms with Crippen molar-refractivity contribution in [1.82, 2.24) is 14.8 Å². The molecule has 0 saturated carbocycles. The van der Waals surface area contributed by atoms with Gasteiger partial charge in [-0.05, 0) is 24.7 Å². The van der Waals surface area contributed by atoms with E-state index in [0.717, 1.165) is 32.7 Å². The van der Waals surface area contributed by atoms with E-state index in [-0.39, 0.29) is 6.04 Å². The highest BCUT2D eigenvalue weighted by Gasteiger charge is 2.27. The molecule has 0 amide bonds. The fourth-order valence-corrected chi connectivity index (χ4v) is 2.45. The van der Waals surface area contributed by atoms with Gasteiger partial charge in [0.1, 0.15) is 0 Å². The van der Waals surface area contributed by atoms with Crippen molar-refractivity contribution in [2.75, 3.05) is 32.7 Å². The van der Waals surface area contributed by atoms with Crippen molar-refractivity contribution in [1.29, 1.82) is 0 Å². The lowest BCUT2D eigenvalue weighted by Crippen LogP contribution is -2.41. The molecule has 1 aliphatic rings. The predicted octanol–water partition coefficient (Wildman–Crippen LogP) is 1.09. The van der Waals surface area contributed by atoms with Gasteiger partial charge in [-0.3, -0.25) is 9.98 Å². The van der Waals surface area contributed by atoms with E-state index >= 15 is 0 Å². The molecule has 0 fully saturated rings. The van der Waals surface area contributed by atoms with E-state index in [1.807, 2.05) is 12.3 Å². The van der Waals surface area contributed by atoms with Gasteiger partial charge >= 0.3 is 0 Å². The number of hydrogen-bond acceptors (Lipinski definition) is 5.